The van der Waals surface area contributed by atoms with Crippen LogP contribution in [0.25, 0.3) is 0 Å². The van der Waals surface area contributed by atoms with Gasteiger partial charge in [0.15, 0.2) is 0 Å². The van der Waals surface area contributed by atoms with Crippen LogP contribution in [0, 0.1) is 0 Å². The quantitative estimate of drug-likeness (QED) is 0.326. The van der Waals surface area contributed by atoms with Gasteiger partial charge in [0.1, 0.15) is 0 Å². The van der Waals surface area contributed by atoms with Gasteiger partial charge in [0, 0.05) is 12.1 Å². The Labute approximate surface area is 119 Å². The molecule has 12 heteroatoms. The van der Waals surface area contributed by atoms with E-state index in [4.69, 9.17) is 21.3 Å². The average Bonchev–Trinajstić information content (AvgIpc) is 2.04. The van der Waals surface area contributed by atoms with Gasteiger partial charge in [-0.3, -0.25) is 9.13 Å². The van der Waals surface area contributed by atoms with Crippen LogP contribution in [-0.2, 0) is 34.5 Å². The summed E-state index contributed by atoms with van der Waals surface area (Å²) in [5.41, 5.74) is 11.3. The summed E-state index contributed by atoms with van der Waals surface area (Å²) in [6.07, 6.45) is 4.80. The summed E-state index contributed by atoms with van der Waals surface area (Å²) in [6.45, 7) is 0. The Kier molecular flexibility index (Phi) is 10.5. The number of hydrogen-bond donors (Lipinski definition) is 4. The predicted molar refractivity (Wildman–Crippen MR) is 55.2 cm³/mol. The summed E-state index contributed by atoms with van der Waals surface area (Å²) in [6, 6.07) is 0.562. The SMILES string of the molecule is N[C@@H]1CCCC[C@H]1N.O=P([O-])(O)OP(=O)([O-])O.[Pt+4]. The standard InChI is InChI=1S/C6H14N2.H4O7P2.Pt/c7-5-3-1-2-4-6(5)8;1-8(2,3)7-9(4,5)6;/h5-6H,1-4,7-8H2;(H2,1,2,3)(H2,4,5,6);/q;;+4/p-2/t5-,6-;;/m1../s1. The van der Waals surface area contributed by atoms with Crippen LogP contribution in [0.15, 0.2) is 0 Å². The second kappa shape index (κ2) is 8.92. The van der Waals surface area contributed by atoms with Crippen molar-refractivity contribution in [2.45, 2.75) is 37.8 Å². The van der Waals surface area contributed by atoms with E-state index in [1.807, 2.05) is 0 Å². The smallest absolute Gasteiger partial charge is 0.756 e. The molecule has 0 saturated heterocycles. The summed E-state index contributed by atoms with van der Waals surface area (Å²) in [4.78, 5) is 34.1. The Bertz CT molecular complexity index is 289. The van der Waals surface area contributed by atoms with Crippen molar-refractivity contribution in [2.24, 2.45) is 11.5 Å². The molecule has 0 heterocycles. The van der Waals surface area contributed by atoms with E-state index in [-0.39, 0.29) is 33.1 Å². The number of hydrogen-bond acceptors (Lipinski definition) is 7. The summed E-state index contributed by atoms with van der Waals surface area (Å²) in [5.74, 6) is 0. The first-order valence-corrected chi connectivity index (χ1v) is 7.80. The van der Waals surface area contributed by atoms with E-state index in [0.29, 0.717) is 0 Å². The van der Waals surface area contributed by atoms with E-state index >= 15 is 0 Å². The molecular weight excluding hydrogens is 469 g/mol. The fourth-order valence-electron chi connectivity index (χ4n) is 1.32. The molecule has 2 unspecified atom stereocenters. The molecule has 0 aromatic carbocycles. The van der Waals surface area contributed by atoms with Crippen LogP contribution < -0.4 is 21.3 Å². The van der Waals surface area contributed by atoms with Crippen molar-refractivity contribution in [3.05, 3.63) is 0 Å². The molecule has 0 aromatic heterocycles. The van der Waals surface area contributed by atoms with Crippen LogP contribution in [-0.4, -0.2) is 21.9 Å². The molecule has 0 amide bonds. The van der Waals surface area contributed by atoms with Crippen LogP contribution in [0.1, 0.15) is 25.7 Å². The van der Waals surface area contributed by atoms with Crippen molar-refractivity contribution in [3.8, 4) is 0 Å². The number of phosphoric acid groups is 2. The van der Waals surface area contributed by atoms with Gasteiger partial charge in [-0.05, 0) is 12.8 Å². The first-order valence-electron chi connectivity index (χ1n) is 4.81. The molecule has 1 saturated carbocycles. The minimum absolute atomic E-state index is 0. The molecule has 18 heavy (non-hydrogen) atoms. The van der Waals surface area contributed by atoms with Gasteiger partial charge >= 0.3 is 21.1 Å². The molecule has 0 aliphatic heterocycles. The van der Waals surface area contributed by atoms with Crippen molar-refractivity contribution >= 4 is 15.6 Å². The Balaban J connectivity index is 0. The summed E-state index contributed by atoms with van der Waals surface area (Å²) in [5, 5.41) is 0. The fourth-order valence-corrected chi connectivity index (χ4v) is 2.36. The minimum Gasteiger partial charge on any atom is -0.756 e. The zero-order valence-electron chi connectivity index (χ0n) is 9.28. The normalized spacial score (nSPS) is 29.9. The van der Waals surface area contributed by atoms with Crippen LogP contribution >= 0.6 is 15.6 Å². The predicted octanol–water partition coefficient (Wildman–Crippen LogP) is -1.86. The van der Waals surface area contributed by atoms with Gasteiger partial charge < -0.3 is 31.0 Å². The molecule has 0 radical (unpaired) electrons. The molecule has 110 valence electrons. The van der Waals surface area contributed by atoms with Gasteiger partial charge in [-0.15, -0.1) is 0 Å². The Hall–Kier alpha value is 0.868. The van der Waals surface area contributed by atoms with Crippen molar-refractivity contribution in [2.75, 3.05) is 0 Å². The van der Waals surface area contributed by atoms with E-state index in [2.05, 4.69) is 4.31 Å². The molecule has 1 rings (SSSR count). The van der Waals surface area contributed by atoms with Crippen LogP contribution in [0.3, 0.4) is 0 Å². The van der Waals surface area contributed by atoms with Crippen LogP contribution in [0.5, 0.6) is 0 Å². The third-order valence-electron chi connectivity index (χ3n) is 2.08. The second-order valence-corrected chi connectivity index (χ2v) is 6.16. The molecule has 1 aliphatic carbocycles. The van der Waals surface area contributed by atoms with Gasteiger partial charge in [0.25, 0.3) is 15.6 Å². The summed E-state index contributed by atoms with van der Waals surface area (Å²) >= 11 is 0. The van der Waals surface area contributed by atoms with Gasteiger partial charge in [0.05, 0.1) is 0 Å². The maximum absolute atomic E-state index is 9.48. The molecule has 9 nitrogen and oxygen atoms in total. The number of nitrogens with two attached hydrogens (primary N) is 2. The summed E-state index contributed by atoms with van der Waals surface area (Å²) < 4.78 is 21.7. The van der Waals surface area contributed by atoms with Crippen molar-refractivity contribution < 1.29 is 54.1 Å². The molecule has 1 fully saturated rings. The minimum atomic E-state index is -5.36. The van der Waals surface area contributed by atoms with Gasteiger partial charge in [-0.2, -0.15) is 0 Å². The van der Waals surface area contributed by atoms with Crippen molar-refractivity contribution in [1.82, 2.24) is 0 Å². The third-order valence-corrected chi connectivity index (χ3v) is 3.73. The van der Waals surface area contributed by atoms with Gasteiger partial charge in [-0.1, -0.05) is 12.8 Å². The maximum Gasteiger partial charge on any atom is 4.00 e. The fraction of sp³-hybridized carbons (Fsp3) is 1.00. The molecular formula is C6H16N2O7P2Pt+2. The van der Waals surface area contributed by atoms with E-state index in [1.165, 1.54) is 12.8 Å². The molecule has 0 bridgehead atoms. The Morgan fingerprint density at radius 2 is 1.28 bits per heavy atom. The Morgan fingerprint density at radius 3 is 1.39 bits per heavy atom. The molecule has 0 spiro atoms. The zero-order chi connectivity index (χ0) is 13.7. The Morgan fingerprint density at radius 1 is 1.00 bits per heavy atom. The monoisotopic (exact) mass is 485 g/mol. The largest absolute Gasteiger partial charge is 4.00 e. The maximum atomic E-state index is 9.48. The molecule has 1 aliphatic rings. The number of rotatable bonds is 2. The second-order valence-electron chi connectivity index (χ2n) is 3.63. The zero-order valence-corrected chi connectivity index (χ0v) is 13.3. The van der Waals surface area contributed by atoms with Crippen molar-refractivity contribution in [1.29, 1.82) is 0 Å². The van der Waals surface area contributed by atoms with Crippen LogP contribution in [0.2, 0.25) is 0 Å². The van der Waals surface area contributed by atoms with E-state index in [9.17, 15) is 18.9 Å². The van der Waals surface area contributed by atoms with E-state index in [1.54, 1.807) is 0 Å². The third kappa shape index (κ3) is 13.3. The molecule has 0 aromatic rings. The van der Waals surface area contributed by atoms with E-state index < -0.39 is 15.6 Å². The first kappa shape index (κ1) is 21.2. The molecule has 6 N–H and O–H groups in total. The first-order chi connectivity index (χ1) is 7.51. The summed E-state index contributed by atoms with van der Waals surface area (Å²) in [7, 11) is -10.7. The van der Waals surface area contributed by atoms with Gasteiger partial charge in [-0.25, -0.2) is 4.31 Å². The topological polar surface area (TPSA) is 182 Å². The molecule has 4 atom stereocenters. The average molecular weight is 485 g/mol. The van der Waals surface area contributed by atoms with Gasteiger partial charge in [0.2, 0.25) is 0 Å². The van der Waals surface area contributed by atoms with E-state index in [0.717, 1.165) is 12.8 Å². The van der Waals surface area contributed by atoms with Crippen molar-refractivity contribution in [3.63, 3.8) is 0 Å². The van der Waals surface area contributed by atoms with Crippen LogP contribution in [0.4, 0.5) is 0 Å².